The number of hydrogen-bond donors (Lipinski definition) is 1. The predicted molar refractivity (Wildman–Crippen MR) is 68.1 cm³/mol. The maximum absolute atomic E-state index is 11.6. The summed E-state index contributed by atoms with van der Waals surface area (Å²) in [5.74, 6) is -0.0535. The van der Waals surface area contributed by atoms with Crippen molar-refractivity contribution in [2.45, 2.75) is 19.1 Å². The van der Waals surface area contributed by atoms with E-state index in [1.807, 2.05) is 13.2 Å². The van der Waals surface area contributed by atoms with Gasteiger partial charge in [-0.05, 0) is 32.2 Å². The zero-order chi connectivity index (χ0) is 12.1. The van der Waals surface area contributed by atoms with Crippen molar-refractivity contribution in [3.63, 3.8) is 0 Å². The van der Waals surface area contributed by atoms with Gasteiger partial charge in [0.15, 0.2) is 5.78 Å². The standard InChI is InChI=1S/C12H15NO2S/c1-8(14)10-5-4-6-11(7-10)13-12(15)9(2)16-3/h4-7,9H,1-3H3,(H,13,15). The van der Waals surface area contributed by atoms with Gasteiger partial charge >= 0.3 is 0 Å². The van der Waals surface area contributed by atoms with Gasteiger partial charge in [-0.15, -0.1) is 0 Å². The first-order chi connectivity index (χ1) is 7.54. The predicted octanol–water partition coefficient (Wildman–Crippen LogP) is 2.58. The molecule has 0 fully saturated rings. The maximum atomic E-state index is 11.6. The quantitative estimate of drug-likeness (QED) is 0.819. The molecule has 0 heterocycles. The van der Waals surface area contributed by atoms with Crippen LogP contribution in [0.2, 0.25) is 0 Å². The van der Waals surface area contributed by atoms with Crippen molar-refractivity contribution in [2.75, 3.05) is 11.6 Å². The van der Waals surface area contributed by atoms with E-state index in [-0.39, 0.29) is 16.9 Å². The number of anilines is 1. The fourth-order valence-corrected chi connectivity index (χ4v) is 1.44. The minimum Gasteiger partial charge on any atom is -0.325 e. The molecule has 4 heteroatoms. The molecular formula is C12H15NO2S. The number of thioether (sulfide) groups is 1. The normalized spacial score (nSPS) is 11.9. The third-order valence-corrected chi connectivity index (χ3v) is 3.18. The second-order valence-corrected chi connectivity index (χ2v) is 4.68. The van der Waals surface area contributed by atoms with Gasteiger partial charge in [0.25, 0.3) is 0 Å². The number of nitrogens with one attached hydrogen (secondary N) is 1. The number of amides is 1. The first kappa shape index (κ1) is 12.8. The van der Waals surface area contributed by atoms with Crippen molar-refractivity contribution < 1.29 is 9.59 Å². The van der Waals surface area contributed by atoms with E-state index in [0.29, 0.717) is 11.3 Å². The van der Waals surface area contributed by atoms with Crippen LogP contribution in [0.15, 0.2) is 24.3 Å². The van der Waals surface area contributed by atoms with Gasteiger partial charge in [-0.25, -0.2) is 0 Å². The highest BCUT2D eigenvalue weighted by Gasteiger charge is 2.11. The molecule has 1 atom stereocenters. The molecule has 86 valence electrons. The maximum Gasteiger partial charge on any atom is 0.237 e. The van der Waals surface area contributed by atoms with E-state index in [0.717, 1.165) is 0 Å². The van der Waals surface area contributed by atoms with Crippen LogP contribution in [0.1, 0.15) is 24.2 Å². The molecule has 0 bridgehead atoms. The minimum absolute atomic E-state index is 0.00554. The Morgan fingerprint density at radius 3 is 2.62 bits per heavy atom. The molecule has 1 N–H and O–H groups in total. The van der Waals surface area contributed by atoms with Crippen molar-refractivity contribution in [1.29, 1.82) is 0 Å². The lowest BCUT2D eigenvalue weighted by molar-refractivity contribution is -0.115. The SMILES string of the molecule is CSC(C)C(=O)Nc1cccc(C(C)=O)c1. The van der Waals surface area contributed by atoms with Crippen LogP contribution in [0.4, 0.5) is 5.69 Å². The number of carbonyl (C=O) groups is 2. The van der Waals surface area contributed by atoms with E-state index in [2.05, 4.69) is 5.32 Å². The largest absolute Gasteiger partial charge is 0.325 e. The molecular weight excluding hydrogens is 222 g/mol. The monoisotopic (exact) mass is 237 g/mol. The third kappa shape index (κ3) is 3.38. The molecule has 0 radical (unpaired) electrons. The molecule has 0 aliphatic heterocycles. The van der Waals surface area contributed by atoms with Gasteiger partial charge in [0, 0.05) is 11.3 Å². The summed E-state index contributed by atoms with van der Waals surface area (Å²) in [6.07, 6.45) is 1.89. The fraction of sp³-hybridized carbons (Fsp3) is 0.333. The zero-order valence-corrected chi connectivity index (χ0v) is 10.4. The molecule has 0 saturated carbocycles. The van der Waals surface area contributed by atoms with Crippen LogP contribution in [-0.2, 0) is 4.79 Å². The van der Waals surface area contributed by atoms with Gasteiger partial charge < -0.3 is 5.32 Å². The van der Waals surface area contributed by atoms with E-state index >= 15 is 0 Å². The first-order valence-electron chi connectivity index (χ1n) is 4.99. The van der Waals surface area contributed by atoms with Gasteiger partial charge in [-0.2, -0.15) is 11.8 Å². The summed E-state index contributed by atoms with van der Waals surface area (Å²) in [6.45, 7) is 3.35. The Morgan fingerprint density at radius 2 is 2.06 bits per heavy atom. The summed E-state index contributed by atoms with van der Waals surface area (Å²) < 4.78 is 0. The molecule has 0 aromatic heterocycles. The molecule has 1 aromatic rings. The summed E-state index contributed by atoms with van der Waals surface area (Å²) in [5, 5.41) is 2.68. The molecule has 0 aliphatic carbocycles. The molecule has 1 unspecified atom stereocenters. The second kappa shape index (κ2) is 5.70. The fourth-order valence-electron chi connectivity index (χ4n) is 1.17. The van der Waals surface area contributed by atoms with Crippen LogP contribution < -0.4 is 5.32 Å². The lowest BCUT2D eigenvalue weighted by Crippen LogP contribution is -2.22. The van der Waals surface area contributed by atoms with E-state index in [1.165, 1.54) is 18.7 Å². The van der Waals surface area contributed by atoms with Crippen LogP contribution >= 0.6 is 11.8 Å². The molecule has 0 aliphatic rings. The number of Topliss-reactive ketones (excluding diaryl/α,β-unsaturated/α-hetero) is 1. The average molecular weight is 237 g/mol. The van der Waals surface area contributed by atoms with Gasteiger partial charge in [0.1, 0.15) is 0 Å². The minimum atomic E-state index is -0.0963. The van der Waals surface area contributed by atoms with Crippen LogP contribution in [0.5, 0.6) is 0 Å². The molecule has 1 amide bonds. The highest BCUT2D eigenvalue weighted by molar-refractivity contribution is 7.99. The van der Waals surface area contributed by atoms with Crippen LogP contribution in [0, 0.1) is 0 Å². The number of rotatable bonds is 4. The topological polar surface area (TPSA) is 46.2 Å². The summed E-state index contributed by atoms with van der Waals surface area (Å²) >= 11 is 1.48. The highest BCUT2D eigenvalue weighted by atomic mass is 32.2. The Morgan fingerprint density at radius 1 is 1.38 bits per heavy atom. The van der Waals surface area contributed by atoms with Crippen molar-refractivity contribution in [2.24, 2.45) is 0 Å². The Kier molecular flexibility index (Phi) is 4.55. The molecule has 0 spiro atoms. The summed E-state index contributed by atoms with van der Waals surface area (Å²) in [4.78, 5) is 22.8. The molecule has 0 saturated heterocycles. The second-order valence-electron chi connectivity index (χ2n) is 3.50. The van der Waals surface area contributed by atoms with Gasteiger partial charge in [-0.3, -0.25) is 9.59 Å². The van der Waals surface area contributed by atoms with Crippen LogP contribution in [0.3, 0.4) is 0 Å². The first-order valence-corrected chi connectivity index (χ1v) is 6.28. The number of benzene rings is 1. The van der Waals surface area contributed by atoms with Crippen LogP contribution in [0.25, 0.3) is 0 Å². The molecule has 16 heavy (non-hydrogen) atoms. The molecule has 1 rings (SSSR count). The van der Waals surface area contributed by atoms with E-state index < -0.39 is 0 Å². The summed E-state index contributed by atoms with van der Waals surface area (Å²) in [6, 6.07) is 6.96. The Hall–Kier alpha value is -1.29. The Labute approximate surface area is 99.6 Å². The van der Waals surface area contributed by atoms with Crippen molar-refractivity contribution in [1.82, 2.24) is 0 Å². The Bertz CT molecular complexity index is 404. The molecule has 1 aromatic carbocycles. The van der Waals surface area contributed by atoms with Crippen molar-refractivity contribution in [3.8, 4) is 0 Å². The van der Waals surface area contributed by atoms with E-state index in [4.69, 9.17) is 0 Å². The third-order valence-electron chi connectivity index (χ3n) is 2.26. The van der Waals surface area contributed by atoms with Gasteiger partial charge in [0.05, 0.1) is 5.25 Å². The van der Waals surface area contributed by atoms with Crippen LogP contribution in [-0.4, -0.2) is 23.2 Å². The average Bonchev–Trinajstić information content (AvgIpc) is 2.28. The number of carbonyl (C=O) groups excluding carboxylic acids is 2. The zero-order valence-electron chi connectivity index (χ0n) is 9.61. The lowest BCUT2D eigenvalue weighted by Gasteiger charge is -2.10. The Balaban J connectivity index is 2.78. The highest BCUT2D eigenvalue weighted by Crippen LogP contribution is 2.13. The van der Waals surface area contributed by atoms with Gasteiger partial charge in [0.2, 0.25) is 5.91 Å². The summed E-state index contributed by atoms with van der Waals surface area (Å²) in [7, 11) is 0. The molecule has 3 nitrogen and oxygen atoms in total. The van der Waals surface area contributed by atoms with Crippen molar-refractivity contribution in [3.05, 3.63) is 29.8 Å². The summed E-state index contributed by atoms with van der Waals surface area (Å²) in [5.41, 5.74) is 1.27. The van der Waals surface area contributed by atoms with Gasteiger partial charge in [-0.1, -0.05) is 12.1 Å². The number of hydrogen-bond acceptors (Lipinski definition) is 3. The lowest BCUT2D eigenvalue weighted by atomic mass is 10.1. The van der Waals surface area contributed by atoms with E-state index in [9.17, 15) is 9.59 Å². The smallest absolute Gasteiger partial charge is 0.237 e. The van der Waals surface area contributed by atoms with Crippen molar-refractivity contribution >= 4 is 29.1 Å². The number of ketones is 1. The van der Waals surface area contributed by atoms with E-state index in [1.54, 1.807) is 24.3 Å².